The van der Waals surface area contributed by atoms with E-state index in [0.29, 0.717) is 35.5 Å². The largest absolute Gasteiger partial charge is 0.463 e. The minimum absolute atomic E-state index is 0.0160. The molecule has 6 rings (SSSR count). The van der Waals surface area contributed by atoms with Crippen LogP contribution in [0.2, 0.25) is 0 Å². The van der Waals surface area contributed by atoms with Crippen LogP contribution in [0.5, 0.6) is 0 Å². The topological polar surface area (TPSA) is 52.6 Å². The van der Waals surface area contributed by atoms with Crippen molar-refractivity contribution in [1.82, 2.24) is 0 Å². The highest BCUT2D eigenvalue weighted by Gasteiger charge is 2.65. The Morgan fingerprint density at radius 3 is 2.07 bits per heavy atom. The molecule has 0 saturated heterocycles. The molecule has 2 aromatic rings. The summed E-state index contributed by atoms with van der Waals surface area (Å²) in [7, 11) is 0. The van der Waals surface area contributed by atoms with Crippen LogP contribution in [0.1, 0.15) is 104 Å². The number of allylic oxidation sites excluding steroid dienone is 1. The second kappa shape index (κ2) is 12.5. The highest BCUT2D eigenvalue weighted by molar-refractivity contribution is 5.79. The van der Waals surface area contributed by atoms with E-state index in [1.807, 2.05) is 0 Å². The predicted molar refractivity (Wildman–Crippen MR) is 175 cm³/mol. The fourth-order valence-electron chi connectivity index (χ4n) is 10.9. The number of fused-ring (bicyclic) bond motifs is 5. The molecule has 4 heteroatoms. The standard InChI is InChI=1S/C40H52O4/c1-26(16-18-33(29-12-8-6-9-13-29)30-14-10-7-11-15-30)35-20-21-36-34-19-17-31-24-32(43-27(2)41)22-23-39(31,4)37(34)25-38(40(35,36)5)44-28(3)42/h6-15,18,26,31-32,34-38H,16-17,19-25H2,1-5H3/t26-,31-,32-,34-,35+,36-,37-,38+,39-,40+/m0/s1. The van der Waals surface area contributed by atoms with Gasteiger partial charge in [-0.15, -0.1) is 0 Å². The highest BCUT2D eigenvalue weighted by atomic mass is 16.5. The maximum Gasteiger partial charge on any atom is 0.302 e. The SMILES string of the molecule is CC(=O)O[C@H]1CC[C@@]2(C)[C@@H](CC[C@@H]3[C@@H]2C[C@@H](OC(C)=O)[C@]2(C)[C@@H]([C@@H](C)CC=C(c4ccccc4)c4ccccc4)CC[C@@H]32)C1. The summed E-state index contributed by atoms with van der Waals surface area (Å²) in [5, 5.41) is 0. The van der Waals surface area contributed by atoms with Gasteiger partial charge in [-0.1, -0.05) is 87.5 Å². The Hall–Kier alpha value is -2.88. The Balaban J connectivity index is 1.26. The Kier molecular flexibility index (Phi) is 8.83. The molecule has 0 N–H and O–H groups in total. The molecule has 236 valence electrons. The number of esters is 2. The van der Waals surface area contributed by atoms with Crippen molar-refractivity contribution >= 4 is 17.5 Å². The molecule has 0 bridgehead atoms. The Labute approximate surface area is 265 Å². The predicted octanol–water partition coefficient (Wildman–Crippen LogP) is 9.28. The van der Waals surface area contributed by atoms with E-state index >= 15 is 0 Å². The Morgan fingerprint density at radius 1 is 0.818 bits per heavy atom. The number of benzene rings is 2. The fraction of sp³-hybridized carbons (Fsp3) is 0.600. The molecular weight excluding hydrogens is 544 g/mol. The van der Waals surface area contributed by atoms with Gasteiger partial charge in [0.25, 0.3) is 0 Å². The summed E-state index contributed by atoms with van der Waals surface area (Å²) in [5.41, 5.74) is 4.01. The van der Waals surface area contributed by atoms with E-state index in [9.17, 15) is 9.59 Å². The zero-order valence-corrected chi connectivity index (χ0v) is 27.5. The van der Waals surface area contributed by atoms with Crippen molar-refractivity contribution in [3.63, 3.8) is 0 Å². The van der Waals surface area contributed by atoms with Crippen molar-refractivity contribution in [2.45, 2.75) is 105 Å². The van der Waals surface area contributed by atoms with Gasteiger partial charge in [-0.3, -0.25) is 9.59 Å². The van der Waals surface area contributed by atoms with Crippen LogP contribution in [0.15, 0.2) is 66.7 Å². The zero-order valence-electron chi connectivity index (χ0n) is 27.5. The van der Waals surface area contributed by atoms with Crippen molar-refractivity contribution in [3.05, 3.63) is 77.9 Å². The first-order valence-corrected chi connectivity index (χ1v) is 17.3. The van der Waals surface area contributed by atoms with Gasteiger partial charge in [0.15, 0.2) is 0 Å². The van der Waals surface area contributed by atoms with E-state index in [1.165, 1.54) is 49.3 Å². The molecule has 4 aliphatic carbocycles. The van der Waals surface area contributed by atoms with Crippen LogP contribution in [0, 0.1) is 46.3 Å². The van der Waals surface area contributed by atoms with Crippen LogP contribution < -0.4 is 0 Å². The van der Waals surface area contributed by atoms with Gasteiger partial charge in [0.2, 0.25) is 0 Å². The maximum absolute atomic E-state index is 12.6. The summed E-state index contributed by atoms with van der Waals surface area (Å²) >= 11 is 0. The zero-order chi connectivity index (χ0) is 31.1. The van der Waals surface area contributed by atoms with E-state index in [4.69, 9.17) is 9.47 Å². The van der Waals surface area contributed by atoms with Gasteiger partial charge >= 0.3 is 11.9 Å². The van der Waals surface area contributed by atoms with Crippen LogP contribution in [0.3, 0.4) is 0 Å². The van der Waals surface area contributed by atoms with Crippen LogP contribution >= 0.6 is 0 Å². The van der Waals surface area contributed by atoms with Crippen LogP contribution in [0.4, 0.5) is 0 Å². The molecule has 4 fully saturated rings. The molecular formula is C40H52O4. The summed E-state index contributed by atoms with van der Waals surface area (Å²) in [4.78, 5) is 24.4. The third-order valence-corrected chi connectivity index (χ3v) is 13.0. The summed E-state index contributed by atoms with van der Waals surface area (Å²) in [6.07, 6.45) is 12.4. The number of rotatable bonds is 7. The second-order valence-electron chi connectivity index (χ2n) is 15.1. The van der Waals surface area contributed by atoms with E-state index in [2.05, 4.69) is 87.5 Å². The van der Waals surface area contributed by atoms with Gasteiger partial charge in [0, 0.05) is 19.3 Å². The number of ether oxygens (including phenoxy) is 2. The van der Waals surface area contributed by atoms with E-state index in [0.717, 1.165) is 32.1 Å². The quantitative estimate of drug-likeness (QED) is 0.299. The third kappa shape index (κ3) is 5.67. The first-order valence-electron chi connectivity index (χ1n) is 17.3. The molecule has 4 aliphatic rings. The van der Waals surface area contributed by atoms with Gasteiger partial charge in [0.05, 0.1) is 0 Å². The Bertz CT molecular complexity index is 1310. The lowest BCUT2D eigenvalue weighted by molar-refractivity contribution is -0.197. The highest BCUT2D eigenvalue weighted by Crippen LogP contribution is 2.69. The number of hydrogen-bond donors (Lipinski definition) is 0. The molecule has 0 heterocycles. The Morgan fingerprint density at radius 2 is 1.45 bits per heavy atom. The molecule has 0 aliphatic heterocycles. The van der Waals surface area contributed by atoms with Gasteiger partial charge in [-0.2, -0.15) is 0 Å². The number of carbonyl (C=O) groups is 2. The lowest BCUT2D eigenvalue weighted by atomic mass is 9.43. The minimum atomic E-state index is -0.156. The van der Waals surface area contributed by atoms with Crippen molar-refractivity contribution in [3.8, 4) is 0 Å². The van der Waals surface area contributed by atoms with Gasteiger partial charge in [-0.05, 0) is 115 Å². The molecule has 10 atom stereocenters. The van der Waals surface area contributed by atoms with Crippen molar-refractivity contribution < 1.29 is 19.1 Å². The molecule has 0 radical (unpaired) electrons. The van der Waals surface area contributed by atoms with Crippen molar-refractivity contribution in [2.75, 3.05) is 0 Å². The summed E-state index contributed by atoms with van der Waals surface area (Å²) in [6.45, 7) is 10.6. The van der Waals surface area contributed by atoms with E-state index in [1.54, 1.807) is 6.92 Å². The van der Waals surface area contributed by atoms with Crippen LogP contribution in [-0.4, -0.2) is 24.1 Å². The summed E-state index contributed by atoms with van der Waals surface area (Å²) in [5.74, 6) is 3.07. The lowest BCUT2D eigenvalue weighted by Gasteiger charge is -2.62. The van der Waals surface area contributed by atoms with E-state index in [-0.39, 0.29) is 35.0 Å². The molecule has 0 aromatic heterocycles. The van der Waals surface area contributed by atoms with Crippen molar-refractivity contribution in [2.24, 2.45) is 46.3 Å². The minimum Gasteiger partial charge on any atom is -0.463 e. The second-order valence-corrected chi connectivity index (χ2v) is 15.1. The van der Waals surface area contributed by atoms with Gasteiger partial charge in [-0.25, -0.2) is 0 Å². The smallest absolute Gasteiger partial charge is 0.302 e. The third-order valence-electron chi connectivity index (χ3n) is 13.0. The fourth-order valence-corrected chi connectivity index (χ4v) is 10.9. The first kappa shape index (κ1) is 31.1. The average Bonchev–Trinajstić information content (AvgIpc) is 3.37. The molecule has 4 nitrogen and oxygen atoms in total. The molecule has 44 heavy (non-hydrogen) atoms. The number of hydrogen-bond acceptors (Lipinski definition) is 4. The van der Waals surface area contributed by atoms with Crippen LogP contribution in [0.25, 0.3) is 5.57 Å². The van der Waals surface area contributed by atoms with Gasteiger partial charge < -0.3 is 9.47 Å². The van der Waals surface area contributed by atoms with Crippen molar-refractivity contribution in [1.29, 1.82) is 0 Å². The molecule has 0 amide bonds. The summed E-state index contributed by atoms with van der Waals surface area (Å²) < 4.78 is 12.1. The molecule has 2 aromatic carbocycles. The molecule has 4 saturated carbocycles. The van der Waals surface area contributed by atoms with Crippen LogP contribution in [-0.2, 0) is 19.1 Å². The maximum atomic E-state index is 12.6. The molecule has 0 unspecified atom stereocenters. The monoisotopic (exact) mass is 596 g/mol. The number of carbonyl (C=O) groups excluding carboxylic acids is 2. The normalized spacial score (nSPS) is 36.6. The van der Waals surface area contributed by atoms with E-state index < -0.39 is 0 Å². The van der Waals surface area contributed by atoms with Gasteiger partial charge in [0.1, 0.15) is 12.2 Å². The molecule has 0 spiro atoms. The first-order chi connectivity index (χ1) is 21.1. The lowest BCUT2D eigenvalue weighted by Crippen LogP contribution is -2.59. The summed E-state index contributed by atoms with van der Waals surface area (Å²) in [6, 6.07) is 21.5. The average molecular weight is 597 g/mol.